The fraction of sp³-hybridized carbons (Fsp3) is 0.109. The first-order valence-corrected chi connectivity index (χ1v) is 17.1. The molecule has 0 unspecified atom stereocenters. The summed E-state index contributed by atoms with van der Waals surface area (Å²) < 4.78 is 2.19. The molecule has 4 aromatic heterocycles. The number of fused-ring (bicyclic) bond motifs is 11. The van der Waals surface area contributed by atoms with Gasteiger partial charge in [0.05, 0.1) is 16.7 Å². The van der Waals surface area contributed by atoms with Crippen molar-refractivity contribution in [3.63, 3.8) is 0 Å². The summed E-state index contributed by atoms with van der Waals surface area (Å²) >= 11 is 0. The summed E-state index contributed by atoms with van der Waals surface area (Å²) in [5.74, 6) is 0. The summed E-state index contributed by atoms with van der Waals surface area (Å²) in [6, 6.07) is 53.3. The van der Waals surface area contributed by atoms with Gasteiger partial charge in [0, 0.05) is 17.8 Å². The van der Waals surface area contributed by atoms with E-state index in [4.69, 9.17) is 15.0 Å². The minimum absolute atomic E-state index is 0. The van der Waals surface area contributed by atoms with Crippen LogP contribution >= 0.6 is 0 Å². The zero-order valence-electron chi connectivity index (χ0n) is 28.4. The number of hydrogen-bond donors (Lipinski definition) is 0. The molecule has 1 aliphatic rings. The molecular weight excluding hydrogens is 804 g/mol. The van der Waals surface area contributed by atoms with E-state index in [1.165, 1.54) is 27.8 Å². The van der Waals surface area contributed by atoms with E-state index in [0.29, 0.717) is 0 Å². The third kappa shape index (κ3) is 4.52. The van der Waals surface area contributed by atoms with Crippen LogP contribution in [0.2, 0.25) is 0 Å². The van der Waals surface area contributed by atoms with Gasteiger partial charge in [0.2, 0.25) is 0 Å². The molecule has 4 heterocycles. The van der Waals surface area contributed by atoms with Crippen LogP contribution in [0, 0.1) is 12.1 Å². The predicted octanol–water partition coefficient (Wildman–Crippen LogP) is 10.5. The van der Waals surface area contributed by atoms with Gasteiger partial charge in [-0.05, 0) is 68.6 Å². The van der Waals surface area contributed by atoms with Gasteiger partial charge in [-0.15, -0.1) is 59.2 Å². The van der Waals surface area contributed by atoms with Crippen LogP contribution in [0.5, 0.6) is 0 Å². The summed E-state index contributed by atoms with van der Waals surface area (Å²) in [6.45, 7) is 6.72. The molecule has 0 saturated heterocycles. The fourth-order valence-corrected chi connectivity index (χ4v) is 8.15. The Morgan fingerprint density at radius 2 is 1.33 bits per heavy atom. The Hall–Kier alpha value is -5.44. The molecule has 0 saturated carbocycles. The number of benzene rings is 5. The van der Waals surface area contributed by atoms with Crippen molar-refractivity contribution in [3.8, 4) is 22.4 Å². The van der Waals surface area contributed by atoms with Crippen LogP contribution in [-0.2, 0) is 31.9 Å². The van der Waals surface area contributed by atoms with Crippen molar-refractivity contribution in [1.29, 1.82) is 0 Å². The number of imidazole rings is 1. The molecule has 0 N–H and O–H groups in total. The molecule has 1 aliphatic carbocycles. The van der Waals surface area contributed by atoms with Crippen molar-refractivity contribution in [2.45, 2.75) is 31.6 Å². The molecule has 10 rings (SSSR count). The Bertz CT molecular complexity index is 2780. The molecule has 0 aliphatic heterocycles. The summed E-state index contributed by atoms with van der Waals surface area (Å²) in [6.07, 6.45) is 3.78. The van der Waals surface area contributed by atoms with Gasteiger partial charge in [0.1, 0.15) is 5.65 Å². The van der Waals surface area contributed by atoms with Crippen molar-refractivity contribution in [2.75, 3.05) is 0 Å². The van der Waals surface area contributed by atoms with Crippen molar-refractivity contribution in [2.24, 2.45) is 0 Å². The first kappa shape index (κ1) is 31.5. The molecule has 0 fully saturated rings. The van der Waals surface area contributed by atoms with Gasteiger partial charge >= 0.3 is 21.1 Å². The quantitative estimate of drug-likeness (QED) is 0.132. The molecule has 5 aromatic carbocycles. The average Bonchev–Trinajstić information content (AvgIpc) is 3.70. The first-order valence-electron chi connectivity index (χ1n) is 17.1. The van der Waals surface area contributed by atoms with E-state index >= 15 is 0 Å². The van der Waals surface area contributed by atoms with Crippen LogP contribution in [0.3, 0.4) is 0 Å². The molecule has 0 atom stereocenters. The number of hydrogen-bond acceptors (Lipinski definition) is 3. The number of para-hydroxylation sites is 2. The number of pyridine rings is 3. The minimum Gasteiger partial charge on any atom is -0.318 e. The van der Waals surface area contributed by atoms with Gasteiger partial charge in [-0.25, -0.2) is 4.98 Å². The van der Waals surface area contributed by atoms with E-state index in [9.17, 15) is 0 Å². The maximum absolute atomic E-state index is 5.20. The van der Waals surface area contributed by atoms with Crippen molar-refractivity contribution in [1.82, 2.24) is 19.4 Å². The largest absolute Gasteiger partial charge is 2.00 e. The van der Waals surface area contributed by atoms with E-state index in [-0.39, 0.29) is 26.5 Å². The monoisotopic (exact) mass is 835 g/mol. The van der Waals surface area contributed by atoms with E-state index in [1.54, 1.807) is 0 Å². The molecule has 0 bridgehead atoms. The average molecular weight is 836 g/mol. The predicted molar refractivity (Wildman–Crippen MR) is 202 cm³/mol. The second-order valence-electron chi connectivity index (χ2n) is 14.3. The van der Waals surface area contributed by atoms with Crippen LogP contribution in [0.4, 0.5) is 0 Å². The van der Waals surface area contributed by atoms with Crippen molar-refractivity contribution < 1.29 is 21.1 Å². The normalized spacial score (nSPS) is 13.4. The number of rotatable bonds is 3. The molecule has 51 heavy (non-hydrogen) atoms. The molecule has 9 aromatic rings. The van der Waals surface area contributed by atoms with E-state index in [2.05, 4.69) is 153 Å². The minimum atomic E-state index is -0.689. The molecular formula is C46H32N4Pt. The van der Waals surface area contributed by atoms with Gasteiger partial charge in [-0.3, -0.25) is 4.98 Å². The van der Waals surface area contributed by atoms with Crippen LogP contribution in [0.25, 0.3) is 60.9 Å². The Labute approximate surface area is 311 Å². The summed E-state index contributed by atoms with van der Waals surface area (Å²) in [4.78, 5) is 14.9. The molecule has 0 spiro atoms. The van der Waals surface area contributed by atoms with Crippen LogP contribution in [0.15, 0.2) is 140 Å². The van der Waals surface area contributed by atoms with Gasteiger partial charge < -0.3 is 9.38 Å². The topological polar surface area (TPSA) is 43.1 Å². The molecule has 246 valence electrons. The second-order valence-corrected chi connectivity index (χ2v) is 14.3. The standard InChI is InChI=1S/C46H32N4.Pt/c1-45(2,3)30-23-25-47-41(28-30)29-12-10-13-31(26-29)46(38-17-6-4-14-34(38)35-15-5-7-18-39(35)46)32-21-22-33-36-16-11-24-48-43(36)50-42-20-9-8-19-40(42)49-44(50)37(33)27-32;/h4-25,28H,1-3H3;/q-2;+2. The summed E-state index contributed by atoms with van der Waals surface area (Å²) in [5, 5.41) is 3.12. The smallest absolute Gasteiger partial charge is 0.318 e. The van der Waals surface area contributed by atoms with Crippen molar-refractivity contribution >= 4 is 38.5 Å². The van der Waals surface area contributed by atoms with E-state index < -0.39 is 5.41 Å². The summed E-state index contributed by atoms with van der Waals surface area (Å²) in [7, 11) is 0. The SMILES string of the molecule is CC(C)(C)c1ccnc(-c2[c-]c(C3(c4[c-]c5c(cc4)c4cccnc4n4c6ccccc6nc54)c4ccccc4-c4ccccc43)ccc2)c1.[Pt+2]. The zero-order chi connectivity index (χ0) is 33.6. The van der Waals surface area contributed by atoms with Gasteiger partial charge in [-0.2, -0.15) is 0 Å². The Morgan fingerprint density at radius 3 is 2.12 bits per heavy atom. The fourth-order valence-electron chi connectivity index (χ4n) is 8.15. The summed E-state index contributed by atoms with van der Waals surface area (Å²) in [5.41, 5.74) is 13.1. The molecule has 0 amide bonds. The Morgan fingerprint density at radius 1 is 0.608 bits per heavy atom. The van der Waals surface area contributed by atoms with Crippen LogP contribution in [-0.4, -0.2) is 19.4 Å². The molecule has 0 radical (unpaired) electrons. The number of nitrogens with zero attached hydrogens (tertiary/aromatic N) is 4. The Kier molecular flexibility index (Phi) is 7.14. The number of aromatic nitrogens is 4. The van der Waals surface area contributed by atoms with E-state index in [0.717, 1.165) is 60.9 Å². The van der Waals surface area contributed by atoms with Gasteiger partial charge in [0.25, 0.3) is 0 Å². The van der Waals surface area contributed by atoms with Crippen LogP contribution < -0.4 is 0 Å². The molecule has 4 nitrogen and oxygen atoms in total. The third-order valence-corrected chi connectivity index (χ3v) is 10.5. The van der Waals surface area contributed by atoms with Gasteiger partial charge in [-0.1, -0.05) is 104 Å². The second kappa shape index (κ2) is 11.5. The maximum Gasteiger partial charge on any atom is 2.00 e. The van der Waals surface area contributed by atoms with Crippen LogP contribution in [0.1, 0.15) is 48.6 Å². The van der Waals surface area contributed by atoms with Crippen molar-refractivity contribution in [3.05, 3.63) is 180 Å². The van der Waals surface area contributed by atoms with Gasteiger partial charge in [0.15, 0.2) is 0 Å². The first-order chi connectivity index (χ1) is 24.4. The zero-order valence-corrected chi connectivity index (χ0v) is 30.7. The maximum atomic E-state index is 5.20. The van der Waals surface area contributed by atoms with E-state index in [1.807, 2.05) is 24.5 Å². The Balaban J connectivity index is 0.00000348. The molecule has 5 heteroatoms. The third-order valence-electron chi connectivity index (χ3n) is 10.5.